The van der Waals surface area contributed by atoms with Gasteiger partial charge in [0.2, 0.25) is 5.91 Å². The van der Waals surface area contributed by atoms with Crippen molar-refractivity contribution in [2.75, 3.05) is 23.8 Å². The standard InChI is InChI=1S/C14H17F3N2O2/c1-13(2)8-12(20)19(5-6-21-14(15,16)17)11-4-3-9(18)7-10(11)13/h3-4,7H,5-6,8,18H2,1-2H3. The molecular formula is C14H17F3N2O2. The average molecular weight is 302 g/mol. The third-order valence-electron chi connectivity index (χ3n) is 3.52. The Morgan fingerprint density at radius 1 is 1.38 bits per heavy atom. The Labute approximate surface area is 120 Å². The molecule has 116 valence electrons. The first kappa shape index (κ1) is 15.6. The van der Waals surface area contributed by atoms with Gasteiger partial charge in [-0.05, 0) is 23.8 Å². The van der Waals surface area contributed by atoms with Gasteiger partial charge in [0, 0.05) is 29.8 Å². The number of fused-ring (bicyclic) bond motifs is 1. The van der Waals surface area contributed by atoms with E-state index in [1.165, 1.54) is 4.90 Å². The fourth-order valence-corrected chi connectivity index (χ4v) is 2.53. The molecule has 0 aliphatic carbocycles. The number of ether oxygens (including phenoxy) is 1. The molecule has 0 saturated carbocycles. The normalized spacial score (nSPS) is 17.8. The second-order valence-electron chi connectivity index (χ2n) is 5.68. The highest BCUT2D eigenvalue weighted by Crippen LogP contribution is 2.41. The number of amides is 1. The van der Waals surface area contributed by atoms with E-state index < -0.39 is 18.4 Å². The van der Waals surface area contributed by atoms with Crippen molar-refractivity contribution in [1.82, 2.24) is 0 Å². The van der Waals surface area contributed by atoms with Crippen LogP contribution in [0, 0.1) is 0 Å². The van der Waals surface area contributed by atoms with Gasteiger partial charge < -0.3 is 10.6 Å². The van der Waals surface area contributed by atoms with Gasteiger partial charge in [0.1, 0.15) is 0 Å². The highest BCUT2D eigenvalue weighted by Gasteiger charge is 2.37. The zero-order valence-electron chi connectivity index (χ0n) is 11.8. The third-order valence-corrected chi connectivity index (χ3v) is 3.52. The molecule has 1 aliphatic rings. The smallest absolute Gasteiger partial charge is 0.399 e. The van der Waals surface area contributed by atoms with Crippen LogP contribution in [0.5, 0.6) is 0 Å². The predicted molar refractivity (Wildman–Crippen MR) is 72.9 cm³/mol. The van der Waals surface area contributed by atoms with Crippen molar-refractivity contribution >= 4 is 17.3 Å². The first-order chi connectivity index (χ1) is 9.60. The third kappa shape index (κ3) is 3.47. The number of rotatable bonds is 3. The van der Waals surface area contributed by atoms with E-state index in [0.717, 1.165) is 5.56 Å². The first-order valence-electron chi connectivity index (χ1n) is 6.51. The minimum atomic E-state index is -4.69. The van der Waals surface area contributed by atoms with Crippen LogP contribution in [0.15, 0.2) is 18.2 Å². The van der Waals surface area contributed by atoms with E-state index in [1.807, 2.05) is 13.8 Å². The lowest BCUT2D eigenvalue weighted by Crippen LogP contribution is -2.43. The van der Waals surface area contributed by atoms with Crippen molar-refractivity contribution in [3.05, 3.63) is 23.8 Å². The second-order valence-corrected chi connectivity index (χ2v) is 5.68. The van der Waals surface area contributed by atoms with Crippen molar-refractivity contribution in [3.8, 4) is 0 Å². The van der Waals surface area contributed by atoms with E-state index in [0.29, 0.717) is 11.4 Å². The molecule has 2 rings (SSSR count). The van der Waals surface area contributed by atoms with Crippen LogP contribution in [0.25, 0.3) is 0 Å². The molecule has 1 heterocycles. The van der Waals surface area contributed by atoms with Crippen LogP contribution in [0.3, 0.4) is 0 Å². The summed E-state index contributed by atoms with van der Waals surface area (Å²) in [5, 5.41) is 0. The van der Waals surface area contributed by atoms with Crippen molar-refractivity contribution in [3.63, 3.8) is 0 Å². The van der Waals surface area contributed by atoms with Crippen LogP contribution in [-0.2, 0) is 14.9 Å². The average Bonchev–Trinajstić information content (AvgIpc) is 2.32. The van der Waals surface area contributed by atoms with Crippen LogP contribution in [-0.4, -0.2) is 25.4 Å². The Morgan fingerprint density at radius 3 is 2.67 bits per heavy atom. The largest absolute Gasteiger partial charge is 0.522 e. The van der Waals surface area contributed by atoms with E-state index in [4.69, 9.17) is 5.73 Å². The molecule has 0 fully saturated rings. The fourth-order valence-electron chi connectivity index (χ4n) is 2.53. The van der Waals surface area contributed by atoms with Crippen LogP contribution < -0.4 is 10.6 Å². The summed E-state index contributed by atoms with van der Waals surface area (Å²) in [7, 11) is 0. The first-order valence-corrected chi connectivity index (χ1v) is 6.51. The van der Waals surface area contributed by atoms with Gasteiger partial charge in [-0.3, -0.25) is 9.53 Å². The van der Waals surface area contributed by atoms with Gasteiger partial charge in [0.25, 0.3) is 0 Å². The number of carbonyl (C=O) groups is 1. The molecular weight excluding hydrogens is 285 g/mol. The maximum atomic E-state index is 12.2. The fraction of sp³-hybridized carbons (Fsp3) is 0.500. The van der Waals surface area contributed by atoms with Gasteiger partial charge >= 0.3 is 6.36 Å². The number of nitrogens with zero attached hydrogens (tertiary/aromatic N) is 1. The number of nitrogen functional groups attached to an aromatic ring is 1. The van der Waals surface area contributed by atoms with Crippen LogP contribution in [0.4, 0.5) is 24.5 Å². The lowest BCUT2D eigenvalue weighted by Gasteiger charge is -2.38. The highest BCUT2D eigenvalue weighted by molar-refractivity contribution is 5.98. The van der Waals surface area contributed by atoms with Crippen LogP contribution in [0.1, 0.15) is 25.8 Å². The zero-order chi connectivity index (χ0) is 15.8. The van der Waals surface area contributed by atoms with E-state index in [-0.39, 0.29) is 18.9 Å². The second kappa shape index (κ2) is 5.22. The minimum Gasteiger partial charge on any atom is -0.399 e. The summed E-state index contributed by atoms with van der Waals surface area (Å²) in [5.74, 6) is -0.219. The minimum absolute atomic E-state index is 0.147. The van der Waals surface area contributed by atoms with Crippen molar-refractivity contribution in [2.24, 2.45) is 0 Å². The molecule has 0 aromatic heterocycles. The van der Waals surface area contributed by atoms with Crippen molar-refractivity contribution < 1.29 is 22.7 Å². The summed E-state index contributed by atoms with van der Waals surface area (Å²) in [4.78, 5) is 13.5. The summed E-state index contributed by atoms with van der Waals surface area (Å²) < 4.78 is 39.9. The molecule has 0 saturated heterocycles. The summed E-state index contributed by atoms with van der Waals surface area (Å²) in [6.45, 7) is 3.07. The molecule has 0 radical (unpaired) electrons. The van der Waals surface area contributed by atoms with E-state index in [1.54, 1.807) is 18.2 Å². The van der Waals surface area contributed by atoms with E-state index in [2.05, 4.69) is 4.74 Å². The predicted octanol–water partition coefficient (Wildman–Crippen LogP) is 2.82. The molecule has 21 heavy (non-hydrogen) atoms. The van der Waals surface area contributed by atoms with Crippen molar-refractivity contribution in [2.45, 2.75) is 32.0 Å². The molecule has 0 atom stereocenters. The summed E-state index contributed by atoms with van der Waals surface area (Å²) in [6.07, 6.45) is -4.47. The Kier molecular flexibility index (Phi) is 3.88. The molecule has 1 amide bonds. The number of carbonyl (C=O) groups excluding carboxylic acids is 1. The number of hydrogen-bond donors (Lipinski definition) is 1. The summed E-state index contributed by atoms with van der Waals surface area (Å²) in [5.41, 5.74) is 7.37. The maximum Gasteiger partial charge on any atom is 0.522 e. The number of halogens is 3. The molecule has 0 unspecified atom stereocenters. The van der Waals surface area contributed by atoms with Crippen LogP contribution >= 0.6 is 0 Å². The van der Waals surface area contributed by atoms with E-state index in [9.17, 15) is 18.0 Å². The van der Waals surface area contributed by atoms with Gasteiger partial charge in [0.05, 0.1) is 6.61 Å². The van der Waals surface area contributed by atoms with Gasteiger partial charge in [-0.1, -0.05) is 13.8 Å². The van der Waals surface area contributed by atoms with Gasteiger partial charge in [-0.15, -0.1) is 13.2 Å². The van der Waals surface area contributed by atoms with Gasteiger partial charge in [0.15, 0.2) is 0 Å². The molecule has 7 heteroatoms. The Morgan fingerprint density at radius 2 is 2.05 bits per heavy atom. The molecule has 1 aliphatic heterocycles. The van der Waals surface area contributed by atoms with Crippen molar-refractivity contribution in [1.29, 1.82) is 0 Å². The molecule has 2 N–H and O–H groups in total. The Hall–Kier alpha value is -1.76. The summed E-state index contributed by atoms with van der Waals surface area (Å²) in [6, 6.07) is 5.06. The van der Waals surface area contributed by atoms with Gasteiger partial charge in [-0.2, -0.15) is 0 Å². The molecule has 1 aromatic carbocycles. The maximum absolute atomic E-state index is 12.2. The lowest BCUT2D eigenvalue weighted by atomic mass is 9.77. The molecule has 4 nitrogen and oxygen atoms in total. The highest BCUT2D eigenvalue weighted by atomic mass is 19.4. The summed E-state index contributed by atoms with van der Waals surface area (Å²) >= 11 is 0. The molecule has 0 spiro atoms. The number of hydrogen-bond acceptors (Lipinski definition) is 3. The van der Waals surface area contributed by atoms with Gasteiger partial charge in [-0.25, -0.2) is 0 Å². The van der Waals surface area contributed by atoms with E-state index >= 15 is 0 Å². The van der Waals surface area contributed by atoms with Crippen LogP contribution in [0.2, 0.25) is 0 Å². The lowest BCUT2D eigenvalue weighted by molar-refractivity contribution is -0.323. The monoisotopic (exact) mass is 302 g/mol. The number of anilines is 2. The number of benzene rings is 1. The molecule has 1 aromatic rings. The topological polar surface area (TPSA) is 55.6 Å². The Bertz CT molecular complexity index is 556. The number of alkyl halides is 3. The Balaban J connectivity index is 2.25. The number of nitrogens with two attached hydrogens (primary N) is 1. The quantitative estimate of drug-likeness (QED) is 0.874. The molecule has 0 bridgehead atoms. The zero-order valence-corrected chi connectivity index (χ0v) is 11.8. The SMILES string of the molecule is CC1(C)CC(=O)N(CCOC(F)(F)F)c2ccc(N)cc21.